The SMILES string of the molecule is CCCCCC/C=C/CCCCCCCCCCCC(=O)O[C@@H](COC(=O)CCC/C=C/CC/C=C/CCCCCCCCCCCCCCCC)COP(=O)(O)OCCN. The second-order valence-corrected chi connectivity index (χ2v) is 18.5. The highest BCUT2D eigenvalue weighted by Crippen LogP contribution is 2.43. The van der Waals surface area contributed by atoms with Crippen LogP contribution in [0.4, 0.5) is 0 Å². The minimum atomic E-state index is -4.39. The number of hydrogen-bond acceptors (Lipinski definition) is 8. The smallest absolute Gasteiger partial charge is 0.462 e. The molecular weight excluding hydrogens is 786 g/mol. The van der Waals surface area contributed by atoms with E-state index in [1.807, 2.05) is 0 Å². The molecule has 0 rings (SSSR count). The van der Waals surface area contributed by atoms with Crippen molar-refractivity contribution in [1.29, 1.82) is 0 Å². The Morgan fingerprint density at radius 1 is 0.475 bits per heavy atom. The molecule has 0 heterocycles. The second kappa shape index (κ2) is 47.7. The van der Waals surface area contributed by atoms with E-state index < -0.39 is 32.5 Å². The molecule has 0 bridgehead atoms. The van der Waals surface area contributed by atoms with E-state index in [1.165, 1.54) is 161 Å². The number of hydrogen-bond donors (Lipinski definition) is 2. The zero-order chi connectivity index (χ0) is 44.6. The maximum absolute atomic E-state index is 12.6. The third kappa shape index (κ3) is 47.5. The van der Waals surface area contributed by atoms with Gasteiger partial charge in [-0.2, -0.15) is 0 Å². The molecule has 358 valence electrons. The van der Waals surface area contributed by atoms with Crippen LogP contribution in [0.5, 0.6) is 0 Å². The van der Waals surface area contributed by atoms with Crippen LogP contribution in [0.2, 0.25) is 0 Å². The van der Waals surface area contributed by atoms with E-state index in [2.05, 4.69) is 50.3 Å². The second-order valence-electron chi connectivity index (χ2n) is 17.0. The monoisotopic (exact) mass is 882 g/mol. The molecule has 0 radical (unpaired) electrons. The first-order valence-electron chi connectivity index (χ1n) is 25.5. The zero-order valence-electron chi connectivity index (χ0n) is 39.7. The van der Waals surface area contributed by atoms with Crippen molar-refractivity contribution >= 4 is 19.8 Å². The van der Waals surface area contributed by atoms with Gasteiger partial charge in [0.2, 0.25) is 0 Å². The van der Waals surface area contributed by atoms with Crippen molar-refractivity contribution in [2.75, 3.05) is 26.4 Å². The molecule has 0 saturated carbocycles. The molecule has 9 nitrogen and oxygen atoms in total. The lowest BCUT2D eigenvalue weighted by Gasteiger charge is -2.19. The van der Waals surface area contributed by atoms with Crippen molar-refractivity contribution in [3.63, 3.8) is 0 Å². The average molecular weight is 882 g/mol. The Morgan fingerprint density at radius 3 is 1.28 bits per heavy atom. The van der Waals surface area contributed by atoms with Crippen LogP contribution in [0, 0.1) is 0 Å². The van der Waals surface area contributed by atoms with E-state index in [1.54, 1.807) is 0 Å². The summed E-state index contributed by atoms with van der Waals surface area (Å²) in [7, 11) is -4.39. The molecule has 61 heavy (non-hydrogen) atoms. The fourth-order valence-corrected chi connectivity index (χ4v) is 7.95. The number of ether oxygens (including phenoxy) is 2. The van der Waals surface area contributed by atoms with Crippen molar-refractivity contribution in [3.05, 3.63) is 36.5 Å². The van der Waals surface area contributed by atoms with Crippen molar-refractivity contribution < 1.29 is 37.6 Å². The van der Waals surface area contributed by atoms with Gasteiger partial charge in [-0.1, -0.05) is 198 Å². The van der Waals surface area contributed by atoms with Crippen molar-refractivity contribution in [2.45, 2.75) is 251 Å². The van der Waals surface area contributed by atoms with E-state index in [-0.39, 0.29) is 32.6 Å². The number of unbranched alkanes of at least 4 members (excludes halogenated alkanes) is 29. The highest BCUT2D eigenvalue weighted by molar-refractivity contribution is 7.47. The van der Waals surface area contributed by atoms with Gasteiger partial charge in [0.25, 0.3) is 0 Å². The summed E-state index contributed by atoms with van der Waals surface area (Å²) < 4.78 is 32.9. The van der Waals surface area contributed by atoms with Gasteiger partial charge in [-0.15, -0.1) is 0 Å². The van der Waals surface area contributed by atoms with Crippen LogP contribution in [0.1, 0.15) is 245 Å². The number of allylic oxidation sites excluding steroid dienone is 6. The highest BCUT2D eigenvalue weighted by atomic mass is 31.2. The molecule has 0 amide bonds. The minimum absolute atomic E-state index is 0.0485. The molecule has 2 atom stereocenters. The third-order valence-corrected chi connectivity index (χ3v) is 12.0. The Labute approximate surface area is 375 Å². The first kappa shape index (κ1) is 59.2. The molecule has 3 N–H and O–H groups in total. The number of rotatable bonds is 48. The summed E-state index contributed by atoms with van der Waals surface area (Å²) in [5, 5.41) is 0. The maximum atomic E-state index is 12.6. The topological polar surface area (TPSA) is 134 Å². The fraction of sp³-hybridized carbons (Fsp3) is 0.843. The molecular formula is C51H96NO8P. The van der Waals surface area contributed by atoms with Gasteiger partial charge in [0.05, 0.1) is 13.2 Å². The predicted molar refractivity (Wildman–Crippen MR) is 257 cm³/mol. The zero-order valence-corrected chi connectivity index (χ0v) is 40.5. The number of phosphoric ester groups is 1. The summed E-state index contributed by atoms with van der Waals surface area (Å²) in [4.78, 5) is 35.0. The van der Waals surface area contributed by atoms with Crippen LogP contribution in [-0.4, -0.2) is 49.3 Å². The number of phosphoric acid groups is 1. The number of carbonyl (C=O) groups excluding carboxylic acids is 2. The molecule has 0 aliphatic carbocycles. The molecule has 0 saturated heterocycles. The molecule has 0 fully saturated rings. The highest BCUT2D eigenvalue weighted by Gasteiger charge is 2.26. The van der Waals surface area contributed by atoms with Gasteiger partial charge in [0, 0.05) is 19.4 Å². The first-order chi connectivity index (χ1) is 29.8. The lowest BCUT2D eigenvalue weighted by molar-refractivity contribution is -0.161. The summed E-state index contributed by atoms with van der Waals surface area (Å²) in [6.07, 6.45) is 54.8. The summed E-state index contributed by atoms with van der Waals surface area (Å²) >= 11 is 0. The number of nitrogens with two attached hydrogens (primary N) is 1. The fourth-order valence-electron chi connectivity index (χ4n) is 7.18. The number of esters is 2. The molecule has 0 aliphatic rings. The lowest BCUT2D eigenvalue weighted by Crippen LogP contribution is -2.29. The summed E-state index contributed by atoms with van der Waals surface area (Å²) in [5.74, 6) is -0.873. The van der Waals surface area contributed by atoms with E-state index in [0.717, 1.165) is 44.9 Å². The van der Waals surface area contributed by atoms with E-state index >= 15 is 0 Å². The van der Waals surface area contributed by atoms with Crippen LogP contribution in [-0.2, 0) is 32.7 Å². The lowest BCUT2D eigenvalue weighted by atomic mass is 10.0. The molecule has 0 aliphatic heterocycles. The average Bonchev–Trinajstić information content (AvgIpc) is 3.25. The molecule has 0 aromatic rings. The van der Waals surface area contributed by atoms with Gasteiger partial charge in [-0.25, -0.2) is 4.57 Å². The minimum Gasteiger partial charge on any atom is -0.462 e. The number of carbonyl (C=O) groups is 2. The van der Waals surface area contributed by atoms with Crippen molar-refractivity contribution in [3.8, 4) is 0 Å². The molecule has 1 unspecified atom stereocenters. The van der Waals surface area contributed by atoms with E-state index in [9.17, 15) is 19.0 Å². The Balaban J connectivity index is 4.08. The molecule has 0 aromatic carbocycles. The van der Waals surface area contributed by atoms with Crippen LogP contribution >= 0.6 is 7.82 Å². The maximum Gasteiger partial charge on any atom is 0.472 e. The Kier molecular flexibility index (Phi) is 46.3. The van der Waals surface area contributed by atoms with Gasteiger partial charge in [-0.3, -0.25) is 18.6 Å². The van der Waals surface area contributed by atoms with E-state index in [0.29, 0.717) is 12.8 Å². The van der Waals surface area contributed by atoms with Gasteiger partial charge >= 0.3 is 19.8 Å². The first-order valence-corrected chi connectivity index (χ1v) is 27.0. The standard InChI is InChI=1S/C51H96NO8P/c1-3-5-7-9-11-13-15-17-19-21-22-23-24-25-26-28-29-31-33-35-37-39-41-43-50(53)57-47-49(48-59-61(55,56)58-46-45-52)60-51(54)44-42-40-38-36-34-32-30-27-20-18-16-14-12-10-8-6-4-2/h14,16,28-29,35,37,49H,3-13,15,17-27,30-34,36,38-48,52H2,1-2H3,(H,55,56)/b16-14+,29-28+,37-35+/t49-/m0/s1. The van der Waals surface area contributed by atoms with Gasteiger partial charge in [0.15, 0.2) is 6.10 Å². The van der Waals surface area contributed by atoms with Crippen molar-refractivity contribution in [2.24, 2.45) is 5.73 Å². The van der Waals surface area contributed by atoms with Crippen LogP contribution in [0.3, 0.4) is 0 Å². The van der Waals surface area contributed by atoms with Crippen LogP contribution in [0.15, 0.2) is 36.5 Å². The molecule has 0 aromatic heterocycles. The largest absolute Gasteiger partial charge is 0.472 e. The Hall–Kier alpha value is -1.77. The van der Waals surface area contributed by atoms with Gasteiger partial charge < -0.3 is 20.1 Å². The molecule has 0 spiro atoms. The van der Waals surface area contributed by atoms with Crippen LogP contribution in [0.25, 0.3) is 0 Å². The van der Waals surface area contributed by atoms with Crippen LogP contribution < -0.4 is 5.73 Å². The Morgan fingerprint density at radius 2 is 0.836 bits per heavy atom. The van der Waals surface area contributed by atoms with Crippen molar-refractivity contribution in [1.82, 2.24) is 0 Å². The normalized spacial score (nSPS) is 13.4. The third-order valence-electron chi connectivity index (χ3n) is 11.0. The van der Waals surface area contributed by atoms with Gasteiger partial charge in [0.1, 0.15) is 6.61 Å². The molecule has 10 heteroatoms. The summed E-state index contributed by atoms with van der Waals surface area (Å²) in [6, 6.07) is 0. The predicted octanol–water partition coefficient (Wildman–Crippen LogP) is 15.3. The van der Waals surface area contributed by atoms with Gasteiger partial charge in [-0.05, 0) is 70.6 Å². The summed E-state index contributed by atoms with van der Waals surface area (Å²) in [6.45, 7) is 3.71. The summed E-state index contributed by atoms with van der Waals surface area (Å²) in [5.41, 5.74) is 5.36. The van der Waals surface area contributed by atoms with E-state index in [4.69, 9.17) is 24.3 Å². The quantitative estimate of drug-likeness (QED) is 0.0265. The Bertz CT molecular complexity index is 1100.